The Labute approximate surface area is 380 Å². The standard InChI is InChI=1S/C60H38N4S/c1-4-13-39(14-5-1)42-23-29-45(30-24-42)58-62-59(46-31-25-43(26-32-46)40-15-6-2-7-16-40)64-60(63-58)47-33-27-44(28-34-47)48-19-12-20-50(37-48)56-57-55(51-21-10-11-22-54(51)65-57)52-38-49(35-36-53(52)61-56)41-17-8-3-9-18-41/h1-38H. The number of nitrogens with zero attached hydrogens (tertiary/aromatic N) is 4. The monoisotopic (exact) mass is 846 g/mol. The normalized spacial score (nSPS) is 11.4. The Bertz CT molecular complexity index is 3560. The van der Waals surface area contributed by atoms with Crippen LogP contribution in [-0.4, -0.2) is 19.9 Å². The molecule has 0 radical (unpaired) electrons. The van der Waals surface area contributed by atoms with E-state index in [1.54, 1.807) is 0 Å². The first-order chi connectivity index (χ1) is 32.2. The summed E-state index contributed by atoms with van der Waals surface area (Å²) in [5, 5.41) is 3.69. The number of thiophene rings is 1. The van der Waals surface area contributed by atoms with Crippen molar-refractivity contribution in [1.29, 1.82) is 0 Å². The Balaban J connectivity index is 0.915. The van der Waals surface area contributed by atoms with Crippen LogP contribution >= 0.6 is 11.3 Å². The molecule has 5 heteroatoms. The van der Waals surface area contributed by atoms with Crippen molar-refractivity contribution in [2.24, 2.45) is 0 Å². The number of pyridine rings is 1. The molecule has 12 rings (SSSR count). The summed E-state index contributed by atoms with van der Waals surface area (Å²) in [6, 6.07) is 81.0. The Morgan fingerprint density at radius 2 is 0.646 bits per heavy atom. The average molecular weight is 847 g/mol. The van der Waals surface area contributed by atoms with E-state index >= 15 is 0 Å². The molecule has 0 amide bonds. The van der Waals surface area contributed by atoms with Crippen LogP contribution in [0.15, 0.2) is 231 Å². The molecule has 0 bridgehead atoms. The van der Waals surface area contributed by atoms with E-state index in [9.17, 15) is 0 Å². The number of fused-ring (bicyclic) bond motifs is 5. The van der Waals surface area contributed by atoms with Gasteiger partial charge in [0, 0.05) is 43.1 Å². The fraction of sp³-hybridized carbons (Fsp3) is 0. The minimum atomic E-state index is 0.618. The van der Waals surface area contributed by atoms with Crippen LogP contribution in [0.1, 0.15) is 0 Å². The highest BCUT2D eigenvalue weighted by Gasteiger charge is 2.18. The Morgan fingerprint density at radius 3 is 1.18 bits per heavy atom. The fourth-order valence-corrected chi connectivity index (χ4v) is 10.0. The van der Waals surface area contributed by atoms with Gasteiger partial charge >= 0.3 is 0 Å². The van der Waals surface area contributed by atoms with E-state index in [1.807, 2.05) is 23.5 Å². The summed E-state index contributed by atoms with van der Waals surface area (Å²) in [6.45, 7) is 0. The Kier molecular flexibility index (Phi) is 9.66. The van der Waals surface area contributed by atoms with Crippen molar-refractivity contribution in [1.82, 2.24) is 19.9 Å². The molecule has 0 N–H and O–H groups in total. The zero-order valence-electron chi connectivity index (χ0n) is 35.1. The predicted molar refractivity (Wildman–Crippen MR) is 272 cm³/mol. The van der Waals surface area contributed by atoms with E-state index in [0.717, 1.165) is 55.7 Å². The molecule has 0 fully saturated rings. The second-order valence-electron chi connectivity index (χ2n) is 16.2. The van der Waals surface area contributed by atoms with Gasteiger partial charge in [-0.15, -0.1) is 11.3 Å². The second-order valence-corrected chi connectivity index (χ2v) is 17.3. The van der Waals surface area contributed by atoms with Crippen molar-refractivity contribution in [2.75, 3.05) is 0 Å². The van der Waals surface area contributed by atoms with Gasteiger partial charge in [0.25, 0.3) is 0 Å². The summed E-state index contributed by atoms with van der Waals surface area (Å²) >= 11 is 1.82. The van der Waals surface area contributed by atoms with Crippen LogP contribution in [0.25, 0.3) is 121 Å². The van der Waals surface area contributed by atoms with Gasteiger partial charge in [0.05, 0.1) is 15.9 Å². The molecule has 0 aliphatic rings. The van der Waals surface area contributed by atoms with E-state index in [-0.39, 0.29) is 0 Å². The third kappa shape index (κ3) is 7.34. The number of rotatable bonds is 8. The average Bonchev–Trinajstić information content (AvgIpc) is 3.79. The molecule has 12 aromatic rings. The second kappa shape index (κ2) is 16.4. The van der Waals surface area contributed by atoms with E-state index in [2.05, 4.69) is 218 Å². The zero-order valence-corrected chi connectivity index (χ0v) is 36.0. The molecule has 3 aromatic heterocycles. The van der Waals surface area contributed by atoms with Crippen LogP contribution in [0.5, 0.6) is 0 Å². The lowest BCUT2D eigenvalue weighted by atomic mass is 9.97. The molecule has 0 saturated carbocycles. The summed E-state index contributed by atoms with van der Waals surface area (Å²) in [5.74, 6) is 1.87. The van der Waals surface area contributed by atoms with E-state index in [4.69, 9.17) is 19.9 Å². The van der Waals surface area contributed by atoms with Gasteiger partial charge in [-0.3, -0.25) is 0 Å². The van der Waals surface area contributed by atoms with Crippen LogP contribution < -0.4 is 0 Å². The minimum Gasteiger partial charge on any atom is -0.246 e. The lowest BCUT2D eigenvalue weighted by Crippen LogP contribution is -2.00. The van der Waals surface area contributed by atoms with Gasteiger partial charge < -0.3 is 0 Å². The molecule has 65 heavy (non-hydrogen) atoms. The van der Waals surface area contributed by atoms with Crippen molar-refractivity contribution in [3.63, 3.8) is 0 Å². The van der Waals surface area contributed by atoms with Gasteiger partial charge in [-0.1, -0.05) is 206 Å². The number of aromatic nitrogens is 4. The molecular formula is C60H38N4S. The van der Waals surface area contributed by atoms with Crippen molar-refractivity contribution < 1.29 is 0 Å². The number of hydrogen-bond acceptors (Lipinski definition) is 5. The third-order valence-corrected chi connectivity index (χ3v) is 13.3. The van der Waals surface area contributed by atoms with Crippen molar-refractivity contribution in [3.8, 4) is 89.9 Å². The molecular weight excluding hydrogens is 809 g/mol. The predicted octanol–water partition coefficient (Wildman–Crippen LogP) is 16.1. The summed E-state index contributed by atoms with van der Waals surface area (Å²) in [5.41, 5.74) is 15.0. The van der Waals surface area contributed by atoms with Crippen molar-refractivity contribution in [2.45, 2.75) is 0 Å². The quantitative estimate of drug-likeness (QED) is 0.153. The maximum Gasteiger partial charge on any atom is 0.164 e. The molecule has 0 aliphatic carbocycles. The number of hydrogen-bond donors (Lipinski definition) is 0. The van der Waals surface area contributed by atoms with Crippen LogP contribution in [0.4, 0.5) is 0 Å². The Morgan fingerprint density at radius 1 is 0.262 bits per heavy atom. The lowest BCUT2D eigenvalue weighted by Gasteiger charge is -2.11. The first-order valence-electron chi connectivity index (χ1n) is 21.8. The molecule has 0 atom stereocenters. The van der Waals surface area contributed by atoms with E-state index < -0.39 is 0 Å². The van der Waals surface area contributed by atoms with Crippen molar-refractivity contribution in [3.05, 3.63) is 231 Å². The van der Waals surface area contributed by atoms with Crippen LogP contribution in [0, 0.1) is 0 Å². The van der Waals surface area contributed by atoms with Crippen LogP contribution in [0.3, 0.4) is 0 Å². The highest BCUT2D eigenvalue weighted by molar-refractivity contribution is 7.26. The summed E-state index contributed by atoms with van der Waals surface area (Å²) < 4.78 is 2.45. The van der Waals surface area contributed by atoms with Gasteiger partial charge in [-0.25, -0.2) is 19.9 Å². The van der Waals surface area contributed by atoms with Gasteiger partial charge in [0.15, 0.2) is 17.5 Å². The van der Waals surface area contributed by atoms with Gasteiger partial charge in [0.1, 0.15) is 0 Å². The molecule has 0 aliphatic heterocycles. The fourth-order valence-electron chi connectivity index (χ4n) is 8.80. The van der Waals surface area contributed by atoms with E-state index in [1.165, 1.54) is 47.8 Å². The summed E-state index contributed by atoms with van der Waals surface area (Å²) in [7, 11) is 0. The highest BCUT2D eigenvalue weighted by Crippen LogP contribution is 2.44. The third-order valence-electron chi connectivity index (χ3n) is 12.2. The largest absolute Gasteiger partial charge is 0.246 e. The topological polar surface area (TPSA) is 51.6 Å². The highest BCUT2D eigenvalue weighted by atomic mass is 32.1. The molecule has 304 valence electrons. The van der Waals surface area contributed by atoms with Gasteiger partial charge in [-0.2, -0.15) is 0 Å². The molecule has 0 unspecified atom stereocenters. The number of benzene rings is 9. The Hall–Kier alpha value is -8.38. The lowest BCUT2D eigenvalue weighted by molar-refractivity contribution is 1.07. The molecule has 3 heterocycles. The molecule has 9 aromatic carbocycles. The van der Waals surface area contributed by atoms with E-state index in [0.29, 0.717) is 17.5 Å². The maximum absolute atomic E-state index is 5.39. The van der Waals surface area contributed by atoms with Crippen molar-refractivity contribution >= 4 is 42.4 Å². The molecule has 0 spiro atoms. The summed E-state index contributed by atoms with van der Waals surface area (Å²) in [6.07, 6.45) is 0. The molecule has 0 saturated heterocycles. The molecule has 4 nitrogen and oxygen atoms in total. The van der Waals surface area contributed by atoms with Gasteiger partial charge in [0.2, 0.25) is 0 Å². The van der Waals surface area contributed by atoms with Gasteiger partial charge in [-0.05, 0) is 68.8 Å². The SMILES string of the molecule is c1ccc(-c2ccc(-c3nc(-c4ccc(-c5ccccc5)cc4)nc(-c4ccc(-c5cccc(-c6nc7ccc(-c8ccccc8)cc7c7c6sc6ccccc67)c5)cc4)n3)cc2)cc1. The minimum absolute atomic E-state index is 0.618. The first kappa shape index (κ1) is 38.3. The van der Waals surface area contributed by atoms with Crippen LogP contribution in [0.2, 0.25) is 0 Å². The zero-order chi connectivity index (χ0) is 43.1. The van der Waals surface area contributed by atoms with Crippen LogP contribution in [-0.2, 0) is 0 Å². The smallest absolute Gasteiger partial charge is 0.164 e. The first-order valence-corrected chi connectivity index (χ1v) is 22.6. The maximum atomic E-state index is 5.39. The summed E-state index contributed by atoms with van der Waals surface area (Å²) in [4.78, 5) is 20.6.